The number of carbonyl (C=O) groups excluding carboxylic acids is 1. The van der Waals surface area contributed by atoms with Crippen molar-refractivity contribution in [3.8, 4) is 0 Å². The average Bonchev–Trinajstić information content (AvgIpc) is 2.89. The first-order valence-electron chi connectivity index (χ1n) is 13.3. The Morgan fingerprint density at radius 3 is 2.13 bits per heavy atom. The van der Waals surface area contributed by atoms with Crippen LogP contribution in [-0.2, 0) is 27.8 Å². The minimum absolute atomic E-state index is 0.0852. The quantitative estimate of drug-likeness (QED) is 0.346. The molecule has 0 N–H and O–H groups in total. The van der Waals surface area contributed by atoms with Gasteiger partial charge in [-0.15, -0.1) is 0 Å². The number of hydrogen-bond donors (Lipinski definition) is 0. The maximum Gasteiger partial charge on any atom is 0.264 e. The molecular weight excluding hydrogens is 530 g/mol. The molecule has 0 atom stereocenters. The van der Waals surface area contributed by atoms with E-state index in [4.69, 9.17) is 11.6 Å². The van der Waals surface area contributed by atoms with Crippen LogP contribution in [-0.4, -0.2) is 56.8 Å². The van der Waals surface area contributed by atoms with Crippen LogP contribution in [0.1, 0.15) is 37.5 Å². The van der Waals surface area contributed by atoms with Crippen LogP contribution in [0.15, 0.2) is 77.7 Å². The third-order valence-electron chi connectivity index (χ3n) is 7.01. The topological polar surface area (TPSA) is 60.9 Å². The van der Waals surface area contributed by atoms with Crippen molar-refractivity contribution >= 4 is 33.2 Å². The zero-order valence-electron chi connectivity index (χ0n) is 23.2. The van der Waals surface area contributed by atoms with E-state index >= 15 is 0 Å². The van der Waals surface area contributed by atoms with Crippen molar-refractivity contribution in [2.24, 2.45) is 5.41 Å². The van der Waals surface area contributed by atoms with E-state index in [0.29, 0.717) is 29.4 Å². The molecule has 3 aromatic carbocycles. The second-order valence-corrected chi connectivity index (χ2v) is 13.7. The van der Waals surface area contributed by atoms with Crippen LogP contribution in [0.4, 0.5) is 5.69 Å². The summed E-state index contributed by atoms with van der Waals surface area (Å²) in [5.74, 6) is -0.221. The molecule has 1 amide bonds. The third-order valence-corrected chi connectivity index (χ3v) is 9.19. The van der Waals surface area contributed by atoms with Crippen molar-refractivity contribution in [3.63, 3.8) is 0 Å². The molecule has 0 unspecified atom stereocenters. The lowest BCUT2D eigenvalue weighted by molar-refractivity contribution is -0.131. The predicted octanol–water partition coefficient (Wildman–Crippen LogP) is 5.78. The van der Waals surface area contributed by atoms with E-state index in [2.05, 4.69) is 37.8 Å². The molecule has 1 aliphatic rings. The van der Waals surface area contributed by atoms with Crippen LogP contribution in [0.2, 0.25) is 5.02 Å². The summed E-state index contributed by atoms with van der Waals surface area (Å²) in [6.45, 7) is 11.3. The lowest BCUT2D eigenvalue weighted by Crippen LogP contribution is -2.51. The highest BCUT2D eigenvalue weighted by molar-refractivity contribution is 7.92. The van der Waals surface area contributed by atoms with Crippen LogP contribution in [0.25, 0.3) is 0 Å². The maximum atomic E-state index is 14.0. The van der Waals surface area contributed by atoms with Gasteiger partial charge in [-0.25, -0.2) is 8.42 Å². The molecule has 0 aromatic heterocycles. The fourth-order valence-corrected chi connectivity index (χ4v) is 6.55. The largest absolute Gasteiger partial charge is 0.339 e. The Labute approximate surface area is 238 Å². The van der Waals surface area contributed by atoms with Crippen molar-refractivity contribution in [2.75, 3.05) is 37.0 Å². The van der Waals surface area contributed by atoms with Gasteiger partial charge in [-0.1, -0.05) is 80.9 Å². The number of hydrogen-bond acceptors (Lipinski definition) is 4. The predicted molar refractivity (Wildman–Crippen MR) is 159 cm³/mol. The standard InChI is InChI=1S/C31H38ClN3O3S/c1-24-28(32)11-8-12-29(24)35(39(37,38)27-15-13-25(14-16-27)21-31(2,3)4)23-30(36)34-19-17-33(18-20-34)22-26-9-6-5-7-10-26/h5-16H,17-23H2,1-4H3. The molecular formula is C31H38ClN3O3S. The molecule has 39 heavy (non-hydrogen) atoms. The highest BCUT2D eigenvalue weighted by Gasteiger charge is 2.31. The highest BCUT2D eigenvalue weighted by atomic mass is 35.5. The number of rotatable bonds is 8. The molecule has 6 nitrogen and oxygen atoms in total. The highest BCUT2D eigenvalue weighted by Crippen LogP contribution is 2.31. The number of sulfonamides is 1. The fourth-order valence-electron chi connectivity index (χ4n) is 4.90. The molecule has 0 bridgehead atoms. The number of halogens is 1. The number of benzene rings is 3. The molecule has 208 valence electrons. The van der Waals surface area contributed by atoms with E-state index in [1.54, 1.807) is 42.2 Å². The van der Waals surface area contributed by atoms with Gasteiger partial charge in [0, 0.05) is 37.7 Å². The van der Waals surface area contributed by atoms with Crippen LogP contribution < -0.4 is 4.31 Å². The molecule has 1 heterocycles. The van der Waals surface area contributed by atoms with Crippen molar-refractivity contribution in [1.82, 2.24) is 9.80 Å². The molecule has 4 rings (SSSR count). The Hall–Kier alpha value is -2.87. The van der Waals surface area contributed by atoms with Crippen LogP contribution in [0.5, 0.6) is 0 Å². The summed E-state index contributed by atoms with van der Waals surface area (Å²) in [6.07, 6.45) is 0.833. The maximum absolute atomic E-state index is 14.0. The van der Waals surface area contributed by atoms with Crippen LogP contribution in [0.3, 0.4) is 0 Å². The first-order valence-corrected chi connectivity index (χ1v) is 15.2. The van der Waals surface area contributed by atoms with E-state index in [9.17, 15) is 13.2 Å². The van der Waals surface area contributed by atoms with Gasteiger partial charge < -0.3 is 4.90 Å². The van der Waals surface area contributed by atoms with Gasteiger partial charge in [-0.2, -0.15) is 0 Å². The summed E-state index contributed by atoms with van der Waals surface area (Å²) >= 11 is 6.38. The van der Waals surface area contributed by atoms with Gasteiger partial charge in [0.1, 0.15) is 6.54 Å². The van der Waals surface area contributed by atoms with Crippen molar-refractivity contribution < 1.29 is 13.2 Å². The number of anilines is 1. The van der Waals surface area contributed by atoms with Crippen LogP contribution in [0, 0.1) is 12.3 Å². The van der Waals surface area contributed by atoms with E-state index in [1.807, 2.05) is 30.3 Å². The molecule has 1 fully saturated rings. The third kappa shape index (κ3) is 7.41. The van der Waals surface area contributed by atoms with E-state index in [-0.39, 0.29) is 22.8 Å². The zero-order chi connectivity index (χ0) is 28.2. The first kappa shape index (κ1) is 29.1. The number of piperazine rings is 1. The van der Waals surface area contributed by atoms with E-state index in [0.717, 1.165) is 31.6 Å². The summed E-state index contributed by atoms with van der Waals surface area (Å²) in [6, 6.07) is 22.4. The van der Waals surface area contributed by atoms with Gasteiger partial charge in [0.15, 0.2) is 0 Å². The van der Waals surface area contributed by atoms with Gasteiger partial charge in [0.2, 0.25) is 5.91 Å². The lowest BCUT2D eigenvalue weighted by Gasteiger charge is -2.36. The Kier molecular flexibility index (Phi) is 9.04. The number of amides is 1. The second kappa shape index (κ2) is 12.1. The molecule has 0 saturated carbocycles. The summed E-state index contributed by atoms with van der Waals surface area (Å²) in [7, 11) is -4.02. The minimum Gasteiger partial charge on any atom is -0.339 e. The first-order chi connectivity index (χ1) is 18.4. The summed E-state index contributed by atoms with van der Waals surface area (Å²) < 4.78 is 29.2. The van der Waals surface area contributed by atoms with E-state index < -0.39 is 10.0 Å². The smallest absolute Gasteiger partial charge is 0.264 e. The Morgan fingerprint density at radius 2 is 1.51 bits per heavy atom. The Bertz CT molecular complexity index is 1380. The summed E-state index contributed by atoms with van der Waals surface area (Å²) in [5, 5.41) is 0.454. The van der Waals surface area contributed by atoms with Gasteiger partial charge >= 0.3 is 0 Å². The molecule has 0 radical (unpaired) electrons. The molecule has 8 heteroatoms. The van der Waals surface area contributed by atoms with Gasteiger partial charge in [0.05, 0.1) is 10.6 Å². The SMILES string of the molecule is Cc1c(Cl)cccc1N(CC(=O)N1CCN(Cc2ccccc2)CC1)S(=O)(=O)c1ccc(CC(C)(C)C)cc1. The van der Waals surface area contributed by atoms with Crippen LogP contribution >= 0.6 is 11.6 Å². The molecule has 3 aromatic rings. The van der Waals surface area contributed by atoms with Gasteiger partial charge in [-0.3, -0.25) is 14.0 Å². The molecule has 1 saturated heterocycles. The van der Waals surface area contributed by atoms with E-state index in [1.165, 1.54) is 9.87 Å². The monoisotopic (exact) mass is 567 g/mol. The van der Waals surface area contributed by atoms with Gasteiger partial charge in [-0.05, 0) is 59.7 Å². The minimum atomic E-state index is -4.02. The van der Waals surface area contributed by atoms with Gasteiger partial charge in [0.25, 0.3) is 10.0 Å². The number of carbonyl (C=O) groups is 1. The zero-order valence-corrected chi connectivity index (χ0v) is 24.8. The van der Waals surface area contributed by atoms with Crippen molar-refractivity contribution in [3.05, 3.63) is 94.5 Å². The molecule has 1 aliphatic heterocycles. The van der Waals surface area contributed by atoms with Crippen molar-refractivity contribution in [1.29, 1.82) is 0 Å². The average molecular weight is 568 g/mol. The Morgan fingerprint density at radius 1 is 0.872 bits per heavy atom. The summed E-state index contributed by atoms with van der Waals surface area (Å²) in [5.41, 5.74) is 3.42. The number of nitrogens with zero attached hydrogens (tertiary/aromatic N) is 3. The molecule has 0 spiro atoms. The summed E-state index contributed by atoms with van der Waals surface area (Å²) in [4.78, 5) is 17.7. The second-order valence-electron chi connectivity index (χ2n) is 11.4. The Balaban J connectivity index is 1.54. The lowest BCUT2D eigenvalue weighted by atomic mass is 9.88. The molecule has 0 aliphatic carbocycles. The fraction of sp³-hybridized carbons (Fsp3) is 0.387. The normalized spacial score (nSPS) is 14.8. The van der Waals surface area contributed by atoms with Crippen molar-refractivity contribution in [2.45, 2.75) is 45.6 Å².